The van der Waals surface area contributed by atoms with Crippen molar-refractivity contribution in [3.63, 3.8) is 0 Å². The number of hydrogen-bond donors (Lipinski definition) is 1. The number of carbonyl (C=O) groups is 3. The lowest BCUT2D eigenvalue weighted by Crippen LogP contribution is -2.51. The summed E-state index contributed by atoms with van der Waals surface area (Å²) in [6.07, 6.45) is 0. The molecule has 0 fully saturated rings. The van der Waals surface area contributed by atoms with Gasteiger partial charge in [0.1, 0.15) is 18.4 Å². The summed E-state index contributed by atoms with van der Waals surface area (Å²) in [7, 11) is 0. The summed E-state index contributed by atoms with van der Waals surface area (Å²) in [5, 5.41) is 4.59. The molecule has 0 bridgehead atoms. The van der Waals surface area contributed by atoms with E-state index in [9.17, 15) is 18.8 Å². The highest BCUT2D eigenvalue weighted by Gasteiger charge is 2.34. The predicted molar refractivity (Wildman–Crippen MR) is 125 cm³/mol. The second-order valence-corrected chi connectivity index (χ2v) is 8.56. The lowest BCUT2D eigenvalue weighted by molar-refractivity contribution is -0.139. The van der Waals surface area contributed by atoms with E-state index in [1.807, 2.05) is 44.2 Å². The van der Waals surface area contributed by atoms with E-state index in [0.29, 0.717) is 16.8 Å². The lowest BCUT2D eigenvalue weighted by Gasteiger charge is -2.31. The van der Waals surface area contributed by atoms with Crippen LogP contribution >= 0.6 is 0 Å². The Kier molecular flexibility index (Phi) is 6.14. The van der Waals surface area contributed by atoms with Crippen molar-refractivity contribution < 1.29 is 18.8 Å². The lowest BCUT2D eigenvalue weighted by atomic mass is 10.1. The number of anilines is 1. The standard InChI is InChI=1S/C26H26FN3O3/c1-16(2)28-25(32)17(3)29(14-18-10-12-20(27)13-11-18)23(31)15-30-22-9-5-7-19-6-4-8-21(24(19)22)26(30)33/h4-13,16-17H,14-15H2,1-3H3,(H,28,32)/t17-/m1/s1. The van der Waals surface area contributed by atoms with Gasteiger partial charge < -0.3 is 10.2 Å². The average molecular weight is 448 g/mol. The average Bonchev–Trinajstić information content (AvgIpc) is 3.05. The van der Waals surface area contributed by atoms with Crippen molar-refractivity contribution in [3.05, 3.63) is 77.6 Å². The third-order valence-electron chi connectivity index (χ3n) is 5.81. The summed E-state index contributed by atoms with van der Waals surface area (Å²) in [5.41, 5.74) is 1.93. The number of hydrogen-bond acceptors (Lipinski definition) is 3. The Hall–Kier alpha value is -3.74. The van der Waals surface area contributed by atoms with E-state index < -0.39 is 6.04 Å². The van der Waals surface area contributed by atoms with Crippen LogP contribution in [0.25, 0.3) is 10.8 Å². The zero-order chi connectivity index (χ0) is 23.7. The molecular formula is C26H26FN3O3. The molecule has 0 unspecified atom stereocenters. The topological polar surface area (TPSA) is 69.7 Å². The van der Waals surface area contributed by atoms with Gasteiger partial charge in [-0.05, 0) is 56.0 Å². The van der Waals surface area contributed by atoms with E-state index in [-0.39, 0.29) is 42.7 Å². The minimum atomic E-state index is -0.777. The maximum Gasteiger partial charge on any atom is 0.259 e. The molecule has 7 heteroatoms. The number of rotatable bonds is 7. The molecule has 0 saturated heterocycles. The zero-order valence-corrected chi connectivity index (χ0v) is 18.8. The normalized spacial score (nSPS) is 13.5. The largest absolute Gasteiger partial charge is 0.352 e. The van der Waals surface area contributed by atoms with Gasteiger partial charge in [0.05, 0.1) is 5.69 Å². The van der Waals surface area contributed by atoms with E-state index in [1.165, 1.54) is 21.9 Å². The summed E-state index contributed by atoms with van der Waals surface area (Å²) >= 11 is 0. The van der Waals surface area contributed by atoms with Crippen molar-refractivity contribution in [2.45, 2.75) is 39.4 Å². The van der Waals surface area contributed by atoms with Gasteiger partial charge in [0.2, 0.25) is 11.8 Å². The van der Waals surface area contributed by atoms with Crippen LogP contribution in [0.1, 0.15) is 36.7 Å². The number of benzene rings is 3. The highest BCUT2D eigenvalue weighted by atomic mass is 19.1. The van der Waals surface area contributed by atoms with Crippen LogP contribution in [0.15, 0.2) is 60.7 Å². The first-order chi connectivity index (χ1) is 15.8. The van der Waals surface area contributed by atoms with E-state index in [2.05, 4.69) is 5.32 Å². The summed E-state index contributed by atoms with van der Waals surface area (Å²) in [6, 6.07) is 16.1. The highest BCUT2D eigenvalue weighted by Crippen LogP contribution is 2.37. The first-order valence-electron chi connectivity index (χ1n) is 10.9. The van der Waals surface area contributed by atoms with Crippen LogP contribution < -0.4 is 10.2 Å². The van der Waals surface area contributed by atoms with Gasteiger partial charge >= 0.3 is 0 Å². The summed E-state index contributed by atoms with van der Waals surface area (Å²) in [6.45, 7) is 5.26. The van der Waals surface area contributed by atoms with Crippen molar-refractivity contribution in [2.24, 2.45) is 0 Å². The second kappa shape index (κ2) is 9.02. The molecule has 6 nitrogen and oxygen atoms in total. The van der Waals surface area contributed by atoms with Crippen molar-refractivity contribution in [2.75, 3.05) is 11.4 Å². The minimum Gasteiger partial charge on any atom is -0.352 e. The Morgan fingerprint density at radius 3 is 2.33 bits per heavy atom. The third kappa shape index (κ3) is 4.44. The monoisotopic (exact) mass is 447 g/mol. The van der Waals surface area contributed by atoms with Crippen LogP contribution in [0.3, 0.4) is 0 Å². The molecule has 1 aliphatic rings. The highest BCUT2D eigenvalue weighted by molar-refractivity contribution is 6.26. The Bertz CT molecular complexity index is 1220. The van der Waals surface area contributed by atoms with Gasteiger partial charge in [0, 0.05) is 23.5 Å². The SMILES string of the molecule is CC(C)NC(=O)[C@@H](C)N(Cc1ccc(F)cc1)C(=O)CN1C(=O)c2cccc3cccc1c23. The van der Waals surface area contributed by atoms with E-state index >= 15 is 0 Å². The summed E-state index contributed by atoms with van der Waals surface area (Å²) in [5.74, 6) is -1.28. The number of carbonyl (C=O) groups excluding carboxylic acids is 3. The van der Waals surface area contributed by atoms with Crippen LogP contribution in [-0.2, 0) is 16.1 Å². The number of amides is 3. The molecule has 0 spiro atoms. The molecule has 3 aromatic rings. The zero-order valence-electron chi connectivity index (χ0n) is 18.8. The molecule has 1 aliphatic heterocycles. The molecule has 0 aromatic heterocycles. The van der Waals surface area contributed by atoms with Gasteiger partial charge in [0.15, 0.2) is 0 Å². The van der Waals surface area contributed by atoms with E-state index in [0.717, 1.165) is 10.8 Å². The first-order valence-corrected chi connectivity index (χ1v) is 10.9. The van der Waals surface area contributed by atoms with Gasteiger partial charge in [-0.1, -0.05) is 36.4 Å². The fourth-order valence-corrected chi connectivity index (χ4v) is 4.14. The Morgan fingerprint density at radius 2 is 1.67 bits per heavy atom. The van der Waals surface area contributed by atoms with E-state index in [1.54, 1.807) is 25.1 Å². The maximum absolute atomic E-state index is 13.5. The van der Waals surface area contributed by atoms with Crippen LogP contribution in [-0.4, -0.2) is 41.2 Å². The van der Waals surface area contributed by atoms with Gasteiger partial charge in [-0.25, -0.2) is 4.39 Å². The molecular weight excluding hydrogens is 421 g/mol. The van der Waals surface area contributed by atoms with Crippen molar-refractivity contribution in [3.8, 4) is 0 Å². The molecule has 3 amide bonds. The van der Waals surface area contributed by atoms with Gasteiger partial charge in [0.25, 0.3) is 5.91 Å². The quantitative estimate of drug-likeness (QED) is 0.598. The molecule has 0 radical (unpaired) electrons. The van der Waals surface area contributed by atoms with Gasteiger partial charge in [-0.2, -0.15) is 0 Å². The smallest absolute Gasteiger partial charge is 0.259 e. The Balaban J connectivity index is 1.62. The molecule has 0 saturated carbocycles. The minimum absolute atomic E-state index is 0.0880. The molecule has 0 aliphatic carbocycles. The van der Waals surface area contributed by atoms with Crippen LogP contribution in [0, 0.1) is 5.82 Å². The van der Waals surface area contributed by atoms with Gasteiger partial charge in [-0.15, -0.1) is 0 Å². The maximum atomic E-state index is 13.5. The molecule has 170 valence electrons. The Labute approximate surface area is 192 Å². The number of nitrogens with zero attached hydrogens (tertiary/aromatic N) is 2. The van der Waals surface area contributed by atoms with Gasteiger partial charge in [-0.3, -0.25) is 19.3 Å². The number of nitrogens with one attached hydrogen (secondary N) is 1. The molecule has 3 aromatic carbocycles. The second-order valence-electron chi connectivity index (χ2n) is 8.56. The number of halogens is 1. The van der Waals surface area contributed by atoms with Crippen LogP contribution in [0.4, 0.5) is 10.1 Å². The van der Waals surface area contributed by atoms with Crippen LogP contribution in [0.2, 0.25) is 0 Å². The molecule has 1 atom stereocenters. The Morgan fingerprint density at radius 1 is 1.00 bits per heavy atom. The predicted octanol–water partition coefficient (Wildman–Crippen LogP) is 3.88. The van der Waals surface area contributed by atoms with Crippen LogP contribution in [0.5, 0.6) is 0 Å². The molecule has 4 rings (SSSR count). The third-order valence-corrected chi connectivity index (χ3v) is 5.81. The van der Waals surface area contributed by atoms with Crippen molar-refractivity contribution in [1.82, 2.24) is 10.2 Å². The van der Waals surface area contributed by atoms with Crippen molar-refractivity contribution >= 4 is 34.2 Å². The molecule has 1 heterocycles. The molecule has 33 heavy (non-hydrogen) atoms. The van der Waals surface area contributed by atoms with Crippen molar-refractivity contribution in [1.29, 1.82) is 0 Å². The first kappa shape index (κ1) is 22.5. The fraction of sp³-hybridized carbons (Fsp3) is 0.269. The fourth-order valence-electron chi connectivity index (χ4n) is 4.14. The summed E-state index contributed by atoms with van der Waals surface area (Å²) in [4.78, 5) is 42.2. The summed E-state index contributed by atoms with van der Waals surface area (Å²) < 4.78 is 13.4. The molecule has 1 N–H and O–H groups in total. The van der Waals surface area contributed by atoms with E-state index in [4.69, 9.17) is 0 Å².